The Balaban J connectivity index is 1.32. The van der Waals surface area contributed by atoms with Crippen molar-refractivity contribution in [3.05, 3.63) is 59.9 Å². The standard InChI is InChI=1S/C21H24N6O2/c1-29-14-17-8-5-9-19(22-17)21(28)23-16-10-12-18(13-11-16)27-25-20(24-26-27)15-6-3-2-4-7-15/h2-9,16,18H,10-14H2,1H3,(H,23,28). The van der Waals surface area contributed by atoms with Gasteiger partial charge in [-0.1, -0.05) is 36.4 Å². The summed E-state index contributed by atoms with van der Waals surface area (Å²) in [6.07, 6.45) is 3.53. The average molecular weight is 392 g/mol. The van der Waals surface area contributed by atoms with E-state index in [1.807, 2.05) is 42.5 Å². The van der Waals surface area contributed by atoms with Crippen molar-refractivity contribution < 1.29 is 9.53 Å². The molecule has 1 aliphatic carbocycles. The van der Waals surface area contributed by atoms with E-state index in [1.54, 1.807) is 18.0 Å². The van der Waals surface area contributed by atoms with Crippen molar-refractivity contribution in [1.29, 1.82) is 0 Å². The molecule has 8 heteroatoms. The van der Waals surface area contributed by atoms with E-state index in [9.17, 15) is 4.79 Å². The van der Waals surface area contributed by atoms with Crippen LogP contribution in [0, 0.1) is 0 Å². The van der Waals surface area contributed by atoms with E-state index in [1.165, 1.54) is 0 Å². The Labute approximate surface area is 169 Å². The zero-order chi connectivity index (χ0) is 20.1. The van der Waals surface area contributed by atoms with Crippen LogP contribution in [0.15, 0.2) is 48.5 Å². The summed E-state index contributed by atoms with van der Waals surface area (Å²) in [4.78, 5) is 18.6. The molecule has 0 aliphatic heterocycles. The Bertz CT molecular complexity index is 951. The van der Waals surface area contributed by atoms with E-state index >= 15 is 0 Å². The Morgan fingerprint density at radius 1 is 1.10 bits per heavy atom. The van der Waals surface area contributed by atoms with E-state index < -0.39 is 0 Å². The highest BCUT2D eigenvalue weighted by atomic mass is 16.5. The van der Waals surface area contributed by atoms with E-state index in [0.29, 0.717) is 18.1 Å². The number of pyridine rings is 1. The van der Waals surface area contributed by atoms with Crippen LogP contribution in [0.5, 0.6) is 0 Å². The number of rotatable bonds is 6. The average Bonchev–Trinajstić information content (AvgIpc) is 3.26. The Hall–Kier alpha value is -3.13. The molecule has 150 valence electrons. The second kappa shape index (κ2) is 8.91. The summed E-state index contributed by atoms with van der Waals surface area (Å²) in [5, 5.41) is 16.1. The molecule has 0 bridgehead atoms. The molecule has 0 spiro atoms. The number of hydrogen-bond donors (Lipinski definition) is 1. The summed E-state index contributed by atoms with van der Waals surface area (Å²) in [7, 11) is 1.61. The van der Waals surface area contributed by atoms with Gasteiger partial charge in [0.15, 0.2) is 0 Å². The molecule has 29 heavy (non-hydrogen) atoms. The first-order chi connectivity index (χ1) is 14.2. The fraction of sp³-hybridized carbons (Fsp3) is 0.381. The van der Waals surface area contributed by atoms with Crippen molar-refractivity contribution in [3.63, 3.8) is 0 Å². The van der Waals surface area contributed by atoms with Crippen LogP contribution in [0.25, 0.3) is 11.4 Å². The van der Waals surface area contributed by atoms with Crippen LogP contribution in [0.2, 0.25) is 0 Å². The summed E-state index contributed by atoms with van der Waals surface area (Å²) in [6, 6.07) is 15.6. The molecular formula is C21H24N6O2. The van der Waals surface area contributed by atoms with E-state index in [2.05, 4.69) is 25.7 Å². The van der Waals surface area contributed by atoms with Crippen molar-refractivity contribution in [2.45, 2.75) is 44.4 Å². The van der Waals surface area contributed by atoms with Crippen LogP contribution in [-0.4, -0.2) is 44.3 Å². The number of benzene rings is 1. The van der Waals surface area contributed by atoms with E-state index in [-0.39, 0.29) is 18.0 Å². The lowest BCUT2D eigenvalue weighted by Gasteiger charge is -2.28. The largest absolute Gasteiger partial charge is 0.378 e. The first kappa shape index (κ1) is 19.2. The second-order valence-electron chi connectivity index (χ2n) is 7.23. The molecule has 0 atom stereocenters. The molecule has 8 nitrogen and oxygen atoms in total. The number of tetrazole rings is 1. The van der Waals surface area contributed by atoms with Crippen LogP contribution in [0.4, 0.5) is 0 Å². The summed E-state index contributed by atoms with van der Waals surface area (Å²) < 4.78 is 5.08. The summed E-state index contributed by atoms with van der Waals surface area (Å²) in [5.74, 6) is 0.500. The van der Waals surface area contributed by atoms with Crippen LogP contribution in [0.1, 0.15) is 47.9 Å². The molecule has 0 radical (unpaired) electrons. The van der Waals surface area contributed by atoms with Crippen molar-refractivity contribution in [2.75, 3.05) is 7.11 Å². The van der Waals surface area contributed by atoms with Crippen molar-refractivity contribution in [3.8, 4) is 11.4 Å². The molecule has 0 saturated heterocycles. The van der Waals surface area contributed by atoms with Crippen molar-refractivity contribution >= 4 is 5.91 Å². The molecule has 1 fully saturated rings. The minimum Gasteiger partial charge on any atom is -0.378 e. The topological polar surface area (TPSA) is 94.8 Å². The third kappa shape index (κ3) is 4.65. The quantitative estimate of drug-likeness (QED) is 0.693. The summed E-state index contributed by atoms with van der Waals surface area (Å²) in [5.41, 5.74) is 2.13. The first-order valence-corrected chi connectivity index (χ1v) is 9.83. The highest BCUT2D eigenvalue weighted by molar-refractivity contribution is 5.92. The Kier molecular flexibility index (Phi) is 5.90. The fourth-order valence-electron chi connectivity index (χ4n) is 3.63. The van der Waals surface area contributed by atoms with Gasteiger partial charge >= 0.3 is 0 Å². The predicted molar refractivity (Wildman–Crippen MR) is 107 cm³/mol. The first-order valence-electron chi connectivity index (χ1n) is 9.83. The highest BCUT2D eigenvalue weighted by Crippen LogP contribution is 2.28. The Morgan fingerprint density at radius 3 is 2.66 bits per heavy atom. The van der Waals surface area contributed by atoms with Gasteiger partial charge in [-0.2, -0.15) is 4.80 Å². The third-order valence-corrected chi connectivity index (χ3v) is 5.15. The maximum Gasteiger partial charge on any atom is 0.270 e. The molecular weight excluding hydrogens is 368 g/mol. The third-order valence-electron chi connectivity index (χ3n) is 5.15. The number of aromatic nitrogens is 5. The van der Waals surface area contributed by atoms with Crippen LogP contribution >= 0.6 is 0 Å². The van der Waals surface area contributed by atoms with Crippen LogP contribution in [0.3, 0.4) is 0 Å². The number of nitrogens with zero attached hydrogens (tertiary/aromatic N) is 5. The smallest absolute Gasteiger partial charge is 0.270 e. The normalized spacial score (nSPS) is 19.1. The van der Waals surface area contributed by atoms with Gasteiger partial charge in [0.25, 0.3) is 5.91 Å². The maximum absolute atomic E-state index is 12.5. The van der Waals surface area contributed by atoms with E-state index in [4.69, 9.17) is 4.74 Å². The van der Waals surface area contributed by atoms with Gasteiger partial charge in [-0.3, -0.25) is 4.79 Å². The molecule has 1 saturated carbocycles. The maximum atomic E-state index is 12.5. The number of methoxy groups -OCH3 is 1. The zero-order valence-corrected chi connectivity index (χ0v) is 16.4. The number of amides is 1. The minimum atomic E-state index is -0.142. The Morgan fingerprint density at radius 2 is 1.90 bits per heavy atom. The SMILES string of the molecule is COCc1cccc(C(=O)NC2CCC(n3nnc(-c4ccccc4)n3)CC2)n1. The number of nitrogens with one attached hydrogen (secondary N) is 1. The molecule has 1 aromatic carbocycles. The summed E-state index contributed by atoms with van der Waals surface area (Å²) >= 11 is 0. The van der Waals surface area contributed by atoms with Gasteiger partial charge in [-0.25, -0.2) is 4.98 Å². The molecule has 0 unspecified atom stereocenters. The van der Waals surface area contributed by atoms with Crippen LogP contribution in [-0.2, 0) is 11.3 Å². The van der Waals surface area contributed by atoms with Crippen molar-refractivity contribution in [2.24, 2.45) is 0 Å². The van der Waals surface area contributed by atoms with Gasteiger partial charge < -0.3 is 10.1 Å². The minimum absolute atomic E-state index is 0.128. The van der Waals surface area contributed by atoms with Crippen molar-refractivity contribution in [1.82, 2.24) is 30.5 Å². The van der Waals surface area contributed by atoms with Gasteiger partial charge in [0, 0.05) is 18.7 Å². The number of hydrogen-bond acceptors (Lipinski definition) is 6. The summed E-state index contributed by atoms with van der Waals surface area (Å²) in [6.45, 7) is 0.391. The van der Waals surface area contributed by atoms with Gasteiger partial charge in [0.2, 0.25) is 5.82 Å². The predicted octanol–water partition coefficient (Wildman–Crippen LogP) is 2.80. The lowest BCUT2D eigenvalue weighted by atomic mass is 9.91. The van der Waals surface area contributed by atoms with Gasteiger partial charge in [-0.15, -0.1) is 10.2 Å². The second-order valence-corrected chi connectivity index (χ2v) is 7.23. The molecule has 2 aromatic heterocycles. The van der Waals surface area contributed by atoms with Gasteiger partial charge in [-0.05, 0) is 43.0 Å². The molecule has 4 rings (SSSR count). The molecule has 1 aliphatic rings. The van der Waals surface area contributed by atoms with Gasteiger partial charge in [0.1, 0.15) is 5.69 Å². The lowest BCUT2D eigenvalue weighted by molar-refractivity contribution is 0.0914. The molecule has 2 heterocycles. The number of carbonyl (C=O) groups is 1. The van der Waals surface area contributed by atoms with Crippen LogP contribution < -0.4 is 5.32 Å². The number of carbonyl (C=O) groups excluding carboxylic acids is 1. The fourth-order valence-corrected chi connectivity index (χ4v) is 3.63. The monoisotopic (exact) mass is 392 g/mol. The molecule has 1 amide bonds. The molecule has 1 N–H and O–H groups in total. The zero-order valence-electron chi connectivity index (χ0n) is 16.4. The van der Waals surface area contributed by atoms with E-state index in [0.717, 1.165) is 36.9 Å². The number of ether oxygens (including phenoxy) is 1. The lowest BCUT2D eigenvalue weighted by Crippen LogP contribution is -2.38. The molecule has 3 aromatic rings. The highest BCUT2D eigenvalue weighted by Gasteiger charge is 2.26. The van der Waals surface area contributed by atoms with Gasteiger partial charge in [0.05, 0.1) is 18.3 Å².